The van der Waals surface area contributed by atoms with E-state index in [-0.39, 0.29) is 5.54 Å². The number of nitriles is 1. The van der Waals surface area contributed by atoms with Crippen molar-refractivity contribution in [2.45, 2.75) is 45.2 Å². The van der Waals surface area contributed by atoms with Crippen LogP contribution in [0.1, 0.15) is 44.4 Å². The Balaban J connectivity index is 1.45. The number of benzene rings is 1. The molecule has 5 rings (SSSR count). The molecule has 0 aliphatic carbocycles. The highest BCUT2D eigenvalue weighted by Gasteiger charge is 2.29. The first-order valence-electron chi connectivity index (χ1n) is 10.6. The minimum atomic E-state index is 0.276. The standard InChI is InChI=1S/C25H25N5/c1-25(2)9-3-4-10-30(25)16-17-5-7-18(8-6-17)19-11-22-21-12-20(13-26)27-15-23(21)29-24(22)28-14-19/h5-8,11-12,14-15H,3-4,9-10,16H2,1-2H3,(H,28,29). The van der Waals surface area contributed by atoms with E-state index in [2.05, 4.69) is 70.1 Å². The smallest absolute Gasteiger partial charge is 0.141 e. The van der Waals surface area contributed by atoms with E-state index < -0.39 is 0 Å². The first-order chi connectivity index (χ1) is 14.5. The van der Waals surface area contributed by atoms with Crippen molar-refractivity contribution < 1.29 is 0 Å². The van der Waals surface area contributed by atoms with Gasteiger partial charge in [-0.1, -0.05) is 30.7 Å². The van der Waals surface area contributed by atoms with Gasteiger partial charge in [0.1, 0.15) is 17.4 Å². The van der Waals surface area contributed by atoms with Crippen molar-refractivity contribution in [2.75, 3.05) is 6.54 Å². The van der Waals surface area contributed by atoms with Gasteiger partial charge >= 0.3 is 0 Å². The Hall–Kier alpha value is -3.23. The molecular formula is C25H25N5. The number of H-pyrrole nitrogens is 1. The molecule has 1 saturated heterocycles. The zero-order valence-electron chi connectivity index (χ0n) is 17.4. The molecule has 0 unspecified atom stereocenters. The number of likely N-dealkylation sites (tertiary alicyclic amines) is 1. The highest BCUT2D eigenvalue weighted by Crippen LogP contribution is 2.31. The molecule has 0 amide bonds. The fraction of sp³-hybridized carbons (Fsp3) is 0.320. The summed E-state index contributed by atoms with van der Waals surface area (Å²) in [5.41, 5.74) is 5.97. The third kappa shape index (κ3) is 3.34. The Bertz CT molecular complexity index is 1260. The van der Waals surface area contributed by atoms with Gasteiger partial charge in [0, 0.05) is 34.6 Å². The van der Waals surface area contributed by atoms with Crippen molar-refractivity contribution >= 4 is 21.9 Å². The summed E-state index contributed by atoms with van der Waals surface area (Å²) in [6, 6.07) is 14.9. The van der Waals surface area contributed by atoms with Crippen LogP contribution in [0.15, 0.2) is 48.8 Å². The van der Waals surface area contributed by atoms with E-state index >= 15 is 0 Å². The van der Waals surface area contributed by atoms with Gasteiger partial charge in [-0.2, -0.15) is 5.26 Å². The summed E-state index contributed by atoms with van der Waals surface area (Å²) in [6.07, 6.45) is 7.49. The van der Waals surface area contributed by atoms with E-state index in [9.17, 15) is 5.26 Å². The van der Waals surface area contributed by atoms with Gasteiger partial charge in [-0.15, -0.1) is 0 Å². The van der Waals surface area contributed by atoms with Gasteiger partial charge in [0.25, 0.3) is 0 Å². The Kier molecular flexibility index (Phi) is 4.52. The molecular weight excluding hydrogens is 370 g/mol. The third-order valence-electron chi connectivity index (χ3n) is 6.43. The lowest BCUT2D eigenvalue weighted by Gasteiger charge is -2.42. The molecule has 1 aliphatic rings. The number of piperidine rings is 1. The van der Waals surface area contributed by atoms with Crippen molar-refractivity contribution in [1.82, 2.24) is 19.9 Å². The van der Waals surface area contributed by atoms with Crippen LogP contribution in [0.5, 0.6) is 0 Å². The molecule has 5 nitrogen and oxygen atoms in total. The molecule has 1 aromatic carbocycles. The lowest BCUT2D eigenvalue weighted by atomic mass is 9.90. The molecule has 1 aliphatic heterocycles. The summed E-state index contributed by atoms with van der Waals surface area (Å²) in [5.74, 6) is 0. The summed E-state index contributed by atoms with van der Waals surface area (Å²) in [5, 5.41) is 11.2. The Morgan fingerprint density at radius 2 is 1.87 bits per heavy atom. The van der Waals surface area contributed by atoms with Crippen LogP contribution < -0.4 is 0 Å². The first-order valence-corrected chi connectivity index (χ1v) is 10.6. The zero-order chi connectivity index (χ0) is 20.7. The molecule has 0 bridgehead atoms. The highest BCUT2D eigenvalue weighted by atomic mass is 15.2. The predicted molar refractivity (Wildman–Crippen MR) is 120 cm³/mol. The number of aromatic nitrogens is 3. The molecule has 1 N–H and O–H groups in total. The van der Waals surface area contributed by atoms with Crippen molar-refractivity contribution in [3.05, 3.63) is 60.0 Å². The SMILES string of the molecule is CC1(C)CCCCN1Cc1ccc(-c2cnc3[nH]c4cnc(C#N)cc4c3c2)cc1. The average molecular weight is 396 g/mol. The predicted octanol–water partition coefficient (Wildman–Crippen LogP) is 5.41. The molecule has 5 heteroatoms. The zero-order valence-corrected chi connectivity index (χ0v) is 17.4. The van der Waals surface area contributed by atoms with E-state index in [4.69, 9.17) is 0 Å². The number of hydrogen-bond acceptors (Lipinski definition) is 4. The van der Waals surface area contributed by atoms with Crippen LogP contribution in [-0.2, 0) is 6.54 Å². The van der Waals surface area contributed by atoms with E-state index in [1.54, 1.807) is 6.20 Å². The molecule has 30 heavy (non-hydrogen) atoms. The minimum Gasteiger partial charge on any atom is -0.338 e. The third-order valence-corrected chi connectivity index (χ3v) is 6.43. The Morgan fingerprint density at radius 1 is 1.03 bits per heavy atom. The highest BCUT2D eigenvalue weighted by molar-refractivity contribution is 6.06. The fourth-order valence-corrected chi connectivity index (χ4v) is 4.53. The number of hydrogen-bond donors (Lipinski definition) is 1. The number of fused-ring (bicyclic) bond motifs is 3. The minimum absolute atomic E-state index is 0.276. The summed E-state index contributed by atoms with van der Waals surface area (Å²) >= 11 is 0. The van der Waals surface area contributed by atoms with E-state index in [0.717, 1.165) is 39.6 Å². The van der Waals surface area contributed by atoms with Crippen molar-refractivity contribution in [3.63, 3.8) is 0 Å². The molecule has 0 radical (unpaired) electrons. The molecule has 0 spiro atoms. The van der Waals surface area contributed by atoms with Crippen LogP contribution >= 0.6 is 0 Å². The van der Waals surface area contributed by atoms with E-state index in [1.165, 1.54) is 31.4 Å². The quantitative estimate of drug-likeness (QED) is 0.503. The second kappa shape index (κ2) is 7.23. The number of nitrogens with zero attached hydrogens (tertiary/aromatic N) is 4. The normalized spacial score (nSPS) is 16.7. The molecule has 4 aromatic rings. The summed E-state index contributed by atoms with van der Waals surface area (Å²) in [4.78, 5) is 14.6. The van der Waals surface area contributed by atoms with Crippen molar-refractivity contribution in [2.24, 2.45) is 0 Å². The van der Waals surface area contributed by atoms with Gasteiger partial charge < -0.3 is 4.98 Å². The van der Waals surface area contributed by atoms with Gasteiger partial charge in [-0.25, -0.2) is 9.97 Å². The summed E-state index contributed by atoms with van der Waals surface area (Å²) in [7, 11) is 0. The molecule has 0 atom stereocenters. The first kappa shape index (κ1) is 18.8. The van der Waals surface area contributed by atoms with Gasteiger partial charge in [0.15, 0.2) is 0 Å². The van der Waals surface area contributed by atoms with Crippen LogP contribution in [0.3, 0.4) is 0 Å². The molecule has 0 saturated carbocycles. The lowest BCUT2D eigenvalue weighted by molar-refractivity contribution is 0.0692. The van der Waals surface area contributed by atoms with Crippen LogP contribution in [0.2, 0.25) is 0 Å². The molecule has 150 valence electrons. The van der Waals surface area contributed by atoms with E-state index in [0.29, 0.717) is 5.69 Å². The van der Waals surface area contributed by atoms with Gasteiger partial charge in [0.2, 0.25) is 0 Å². The fourth-order valence-electron chi connectivity index (χ4n) is 4.53. The Labute approximate surface area is 176 Å². The van der Waals surface area contributed by atoms with Crippen molar-refractivity contribution in [1.29, 1.82) is 5.26 Å². The summed E-state index contributed by atoms with van der Waals surface area (Å²) < 4.78 is 0. The molecule has 1 fully saturated rings. The molecule has 3 aromatic heterocycles. The van der Waals surface area contributed by atoms with E-state index in [1.807, 2.05) is 12.3 Å². The maximum Gasteiger partial charge on any atom is 0.141 e. The van der Waals surface area contributed by atoms with Crippen LogP contribution in [-0.4, -0.2) is 31.9 Å². The van der Waals surface area contributed by atoms with Crippen LogP contribution in [0.25, 0.3) is 33.1 Å². The number of rotatable bonds is 3. The average Bonchev–Trinajstić information content (AvgIpc) is 3.12. The maximum atomic E-state index is 9.17. The number of nitrogens with one attached hydrogen (secondary N) is 1. The van der Waals surface area contributed by atoms with Crippen molar-refractivity contribution in [3.8, 4) is 17.2 Å². The second-order valence-corrected chi connectivity index (χ2v) is 8.86. The topological polar surface area (TPSA) is 68.6 Å². The maximum absolute atomic E-state index is 9.17. The molecule has 4 heterocycles. The summed E-state index contributed by atoms with van der Waals surface area (Å²) in [6.45, 7) is 6.89. The monoisotopic (exact) mass is 395 g/mol. The van der Waals surface area contributed by atoms with Gasteiger partial charge in [-0.05, 0) is 56.5 Å². The Morgan fingerprint density at radius 3 is 2.63 bits per heavy atom. The van der Waals surface area contributed by atoms with Crippen LogP contribution in [0, 0.1) is 11.3 Å². The van der Waals surface area contributed by atoms with Gasteiger partial charge in [0.05, 0.1) is 11.7 Å². The largest absolute Gasteiger partial charge is 0.338 e. The lowest BCUT2D eigenvalue weighted by Crippen LogP contribution is -2.46. The van der Waals surface area contributed by atoms with Gasteiger partial charge in [-0.3, -0.25) is 4.90 Å². The number of aromatic amines is 1. The van der Waals surface area contributed by atoms with Crippen LogP contribution in [0.4, 0.5) is 0 Å². The number of pyridine rings is 2. The second-order valence-electron chi connectivity index (χ2n) is 8.86.